The fourth-order valence-corrected chi connectivity index (χ4v) is 2.48. The fraction of sp³-hybridized carbons (Fsp3) is 0.111. The summed E-state index contributed by atoms with van der Waals surface area (Å²) in [5.74, 6) is 0.417. The molecule has 0 spiro atoms. The van der Waals surface area contributed by atoms with Crippen molar-refractivity contribution in [1.29, 1.82) is 0 Å². The molecule has 1 heterocycles. The summed E-state index contributed by atoms with van der Waals surface area (Å²) in [5.41, 5.74) is 2.66. The quantitative estimate of drug-likeness (QED) is 0.632. The Morgan fingerprint density at radius 2 is 2.00 bits per heavy atom. The molecule has 4 nitrogen and oxygen atoms in total. The molecule has 0 N–H and O–H groups in total. The second-order valence-electron chi connectivity index (χ2n) is 5.04. The van der Waals surface area contributed by atoms with E-state index in [0.717, 1.165) is 11.1 Å². The van der Waals surface area contributed by atoms with Gasteiger partial charge >= 0.3 is 5.97 Å². The van der Waals surface area contributed by atoms with Crippen LogP contribution in [0.25, 0.3) is 6.08 Å². The van der Waals surface area contributed by atoms with Crippen molar-refractivity contribution >= 4 is 29.5 Å². The average Bonchev–Trinajstić information content (AvgIpc) is 2.89. The smallest absolute Gasteiger partial charge is 0.363 e. The number of methoxy groups -OCH3 is 1. The molecule has 1 aliphatic heterocycles. The third-order valence-corrected chi connectivity index (χ3v) is 3.72. The molecule has 2 aromatic rings. The number of hydrogen-bond acceptors (Lipinski definition) is 4. The summed E-state index contributed by atoms with van der Waals surface area (Å²) in [6, 6.07) is 12.8. The van der Waals surface area contributed by atoms with Crippen molar-refractivity contribution in [1.82, 2.24) is 0 Å². The van der Waals surface area contributed by atoms with Gasteiger partial charge in [0.1, 0.15) is 5.75 Å². The number of benzene rings is 2. The van der Waals surface area contributed by atoms with E-state index in [4.69, 9.17) is 21.1 Å². The average molecular weight is 328 g/mol. The Kier molecular flexibility index (Phi) is 4.17. The van der Waals surface area contributed by atoms with Gasteiger partial charge in [-0.05, 0) is 42.8 Å². The number of rotatable bonds is 3. The summed E-state index contributed by atoms with van der Waals surface area (Å²) < 4.78 is 10.6. The Labute approximate surface area is 139 Å². The first-order chi connectivity index (χ1) is 11.1. The minimum absolute atomic E-state index is 0.212. The molecule has 0 aliphatic carbocycles. The largest absolute Gasteiger partial charge is 0.496 e. The van der Waals surface area contributed by atoms with Crippen LogP contribution in [0.2, 0.25) is 5.02 Å². The minimum Gasteiger partial charge on any atom is -0.496 e. The first-order valence-electron chi connectivity index (χ1n) is 7.00. The first kappa shape index (κ1) is 15.3. The lowest BCUT2D eigenvalue weighted by Gasteiger charge is -2.04. The second-order valence-corrected chi connectivity index (χ2v) is 5.47. The van der Waals surface area contributed by atoms with E-state index < -0.39 is 5.97 Å². The summed E-state index contributed by atoms with van der Waals surface area (Å²) in [6.45, 7) is 1.94. The van der Waals surface area contributed by atoms with E-state index in [2.05, 4.69) is 4.99 Å². The maximum Gasteiger partial charge on any atom is 0.363 e. The van der Waals surface area contributed by atoms with E-state index in [-0.39, 0.29) is 5.70 Å². The summed E-state index contributed by atoms with van der Waals surface area (Å²) in [6.07, 6.45) is 1.61. The molecule has 3 rings (SSSR count). The summed E-state index contributed by atoms with van der Waals surface area (Å²) in [4.78, 5) is 16.4. The molecule has 0 amide bonds. The fourth-order valence-electron chi connectivity index (χ4n) is 2.30. The molecule has 2 aromatic carbocycles. The van der Waals surface area contributed by atoms with Gasteiger partial charge in [-0.3, -0.25) is 0 Å². The molecular formula is C18H14ClNO3. The molecule has 0 saturated carbocycles. The van der Waals surface area contributed by atoms with Crippen LogP contribution in [0.3, 0.4) is 0 Å². The van der Waals surface area contributed by atoms with Gasteiger partial charge in [0.25, 0.3) is 0 Å². The van der Waals surface area contributed by atoms with E-state index in [1.165, 1.54) is 0 Å². The van der Waals surface area contributed by atoms with Crippen molar-refractivity contribution < 1.29 is 14.3 Å². The van der Waals surface area contributed by atoms with Gasteiger partial charge in [-0.2, -0.15) is 0 Å². The summed E-state index contributed by atoms with van der Waals surface area (Å²) >= 11 is 6.00. The van der Waals surface area contributed by atoms with Crippen molar-refractivity contribution in [3.63, 3.8) is 0 Å². The van der Waals surface area contributed by atoms with E-state index >= 15 is 0 Å². The zero-order valence-corrected chi connectivity index (χ0v) is 13.4. The van der Waals surface area contributed by atoms with Crippen LogP contribution in [0, 0.1) is 6.92 Å². The van der Waals surface area contributed by atoms with Crippen LogP contribution in [0.1, 0.15) is 16.7 Å². The van der Waals surface area contributed by atoms with Crippen LogP contribution in [0.4, 0.5) is 0 Å². The highest BCUT2D eigenvalue weighted by atomic mass is 35.5. The molecule has 0 saturated heterocycles. The molecule has 0 aromatic heterocycles. The predicted molar refractivity (Wildman–Crippen MR) is 89.8 cm³/mol. The molecule has 0 radical (unpaired) electrons. The van der Waals surface area contributed by atoms with Gasteiger partial charge in [0.2, 0.25) is 5.90 Å². The second kappa shape index (κ2) is 6.26. The number of hydrogen-bond donors (Lipinski definition) is 0. The van der Waals surface area contributed by atoms with Crippen LogP contribution in [-0.4, -0.2) is 19.0 Å². The van der Waals surface area contributed by atoms with Crippen LogP contribution in [-0.2, 0) is 9.53 Å². The van der Waals surface area contributed by atoms with Gasteiger partial charge in [0.05, 0.1) is 7.11 Å². The van der Waals surface area contributed by atoms with Gasteiger partial charge in [0, 0.05) is 16.1 Å². The van der Waals surface area contributed by atoms with Gasteiger partial charge in [0.15, 0.2) is 5.70 Å². The van der Waals surface area contributed by atoms with Crippen molar-refractivity contribution in [3.05, 3.63) is 69.9 Å². The monoisotopic (exact) mass is 327 g/mol. The van der Waals surface area contributed by atoms with Crippen molar-refractivity contribution in [2.24, 2.45) is 4.99 Å². The Morgan fingerprint density at radius 1 is 1.22 bits per heavy atom. The van der Waals surface area contributed by atoms with E-state index in [0.29, 0.717) is 22.2 Å². The Hall–Kier alpha value is -2.59. The minimum atomic E-state index is -0.495. The number of esters is 1. The topological polar surface area (TPSA) is 47.9 Å². The Bertz CT molecular complexity index is 840. The highest BCUT2D eigenvalue weighted by Crippen LogP contribution is 2.27. The van der Waals surface area contributed by atoms with E-state index in [9.17, 15) is 4.79 Å². The maximum atomic E-state index is 12.1. The zero-order chi connectivity index (χ0) is 16.4. The highest BCUT2D eigenvalue weighted by molar-refractivity contribution is 6.30. The SMILES string of the molecule is COc1ccc(Cl)cc1/C=C1/N=C(c2ccccc2C)OC1=O. The van der Waals surface area contributed by atoms with Crippen LogP contribution >= 0.6 is 11.6 Å². The highest BCUT2D eigenvalue weighted by Gasteiger charge is 2.25. The van der Waals surface area contributed by atoms with Crippen molar-refractivity contribution in [2.75, 3.05) is 7.11 Å². The van der Waals surface area contributed by atoms with Crippen LogP contribution in [0.5, 0.6) is 5.75 Å². The molecule has 0 unspecified atom stereocenters. The lowest BCUT2D eigenvalue weighted by molar-refractivity contribution is -0.129. The Balaban J connectivity index is 2.02. The molecule has 0 atom stereocenters. The molecule has 5 heteroatoms. The number of carbonyl (C=O) groups is 1. The number of aliphatic imine (C=N–C) groups is 1. The maximum absolute atomic E-state index is 12.1. The molecule has 23 heavy (non-hydrogen) atoms. The molecule has 1 aliphatic rings. The van der Waals surface area contributed by atoms with Crippen LogP contribution in [0.15, 0.2) is 53.2 Å². The summed E-state index contributed by atoms with van der Waals surface area (Å²) in [7, 11) is 1.56. The van der Waals surface area contributed by atoms with Gasteiger partial charge in [-0.25, -0.2) is 9.79 Å². The van der Waals surface area contributed by atoms with Gasteiger partial charge in [-0.15, -0.1) is 0 Å². The number of cyclic esters (lactones) is 1. The number of carbonyl (C=O) groups excluding carboxylic acids is 1. The molecular weight excluding hydrogens is 314 g/mol. The Morgan fingerprint density at radius 3 is 2.74 bits per heavy atom. The third kappa shape index (κ3) is 3.12. The normalized spacial score (nSPS) is 15.5. The standard InChI is InChI=1S/C18H14ClNO3/c1-11-5-3-4-6-14(11)17-20-15(18(21)23-17)10-12-9-13(19)7-8-16(12)22-2/h3-10H,1-2H3/b15-10+. The third-order valence-electron chi connectivity index (χ3n) is 3.48. The molecule has 116 valence electrons. The van der Waals surface area contributed by atoms with Gasteiger partial charge in [-0.1, -0.05) is 29.8 Å². The van der Waals surface area contributed by atoms with E-state index in [1.807, 2.05) is 31.2 Å². The predicted octanol–water partition coefficient (Wildman–Crippen LogP) is 4.00. The number of ether oxygens (including phenoxy) is 2. The number of nitrogens with zero attached hydrogens (tertiary/aromatic N) is 1. The van der Waals surface area contributed by atoms with Crippen molar-refractivity contribution in [2.45, 2.75) is 6.92 Å². The van der Waals surface area contributed by atoms with E-state index in [1.54, 1.807) is 31.4 Å². The lowest BCUT2D eigenvalue weighted by atomic mass is 10.1. The summed E-state index contributed by atoms with van der Waals surface area (Å²) in [5, 5.41) is 0.548. The zero-order valence-electron chi connectivity index (χ0n) is 12.7. The first-order valence-corrected chi connectivity index (χ1v) is 7.38. The number of aryl methyl sites for hydroxylation is 1. The molecule has 0 fully saturated rings. The number of halogens is 1. The molecule has 0 bridgehead atoms. The van der Waals surface area contributed by atoms with Gasteiger partial charge < -0.3 is 9.47 Å². The lowest BCUT2D eigenvalue weighted by Crippen LogP contribution is -2.06. The van der Waals surface area contributed by atoms with Crippen molar-refractivity contribution in [3.8, 4) is 5.75 Å². The van der Waals surface area contributed by atoms with Crippen LogP contribution < -0.4 is 4.74 Å².